The molecule has 0 saturated heterocycles. The van der Waals surface area contributed by atoms with Crippen molar-refractivity contribution in [3.63, 3.8) is 0 Å². The molecule has 106 valence electrons. The molecule has 0 radical (unpaired) electrons. The second-order valence-electron chi connectivity index (χ2n) is 5.98. The molecule has 2 nitrogen and oxygen atoms in total. The molecule has 1 aromatic rings. The van der Waals surface area contributed by atoms with E-state index >= 15 is 0 Å². The van der Waals surface area contributed by atoms with Crippen LogP contribution in [-0.2, 0) is 4.79 Å². The third kappa shape index (κ3) is 4.24. The maximum atomic E-state index is 12.2. The standard InChI is InChI=1S/C16H24ClNO/c1-6-9-16(4,5)15(19)18-12-7-8-13(11(2)3)14(17)10-12/h7-8,10-11H,6,9H2,1-5H3,(H,18,19). The average Bonchev–Trinajstić information content (AvgIpc) is 2.28. The van der Waals surface area contributed by atoms with Crippen LogP contribution in [0.3, 0.4) is 0 Å². The summed E-state index contributed by atoms with van der Waals surface area (Å²) >= 11 is 6.23. The summed E-state index contributed by atoms with van der Waals surface area (Å²) in [6.45, 7) is 10.2. The van der Waals surface area contributed by atoms with Crippen molar-refractivity contribution in [1.29, 1.82) is 0 Å². The zero-order chi connectivity index (χ0) is 14.6. The highest BCUT2D eigenvalue weighted by Gasteiger charge is 2.26. The predicted octanol–water partition coefficient (Wildman–Crippen LogP) is 5.23. The number of benzene rings is 1. The van der Waals surface area contributed by atoms with E-state index in [1.165, 1.54) is 0 Å². The number of hydrogen-bond donors (Lipinski definition) is 1. The van der Waals surface area contributed by atoms with Crippen LogP contribution in [0.4, 0.5) is 5.69 Å². The van der Waals surface area contributed by atoms with Gasteiger partial charge in [0.1, 0.15) is 0 Å². The fourth-order valence-corrected chi connectivity index (χ4v) is 2.51. The highest BCUT2D eigenvalue weighted by atomic mass is 35.5. The molecule has 0 aliphatic carbocycles. The summed E-state index contributed by atoms with van der Waals surface area (Å²) < 4.78 is 0. The van der Waals surface area contributed by atoms with Gasteiger partial charge >= 0.3 is 0 Å². The molecule has 0 unspecified atom stereocenters. The Kier molecular flexibility index (Phi) is 5.42. The number of amides is 1. The molecule has 1 amide bonds. The van der Waals surface area contributed by atoms with E-state index in [4.69, 9.17) is 11.6 Å². The van der Waals surface area contributed by atoms with Gasteiger partial charge in [0.25, 0.3) is 0 Å². The van der Waals surface area contributed by atoms with Gasteiger partial charge in [0.05, 0.1) is 0 Å². The van der Waals surface area contributed by atoms with Crippen molar-refractivity contribution in [2.75, 3.05) is 5.32 Å². The Labute approximate surface area is 121 Å². The molecule has 0 atom stereocenters. The Morgan fingerprint density at radius 2 is 2.00 bits per heavy atom. The number of rotatable bonds is 5. The molecule has 0 aliphatic rings. The van der Waals surface area contributed by atoms with E-state index in [1.807, 2.05) is 32.0 Å². The maximum absolute atomic E-state index is 12.2. The van der Waals surface area contributed by atoms with Crippen LogP contribution in [0.15, 0.2) is 18.2 Å². The molecule has 1 aromatic carbocycles. The number of carbonyl (C=O) groups is 1. The van der Waals surface area contributed by atoms with E-state index in [0.717, 1.165) is 24.1 Å². The van der Waals surface area contributed by atoms with Gasteiger partial charge in [-0.15, -0.1) is 0 Å². The first-order valence-electron chi connectivity index (χ1n) is 6.89. The quantitative estimate of drug-likeness (QED) is 0.787. The second-order valence-corrected chi connectivity index (χ2v) is 6.39. The van der Waals surface area contributed by atoms with Crippen LogP contribution < -0.4 is 5.32 Å². The molecular weight excluding hydrogens is 258 g/mol. The van der Waals surface area contributed by atoms with E-state index in [1.54, 1.807) is 0 Å². The normalized spacial score (nSPS) is 11.7. The summed E-state index contributed by atoms with van der Waals surface area (Å²) in [7, 11) is 0. The number of hydrogen-bond acceptors (Lipinski definition) is 1. The molecule has 0 saturated carbocycles. The van der Waals surface area contributed by atoms with Gasteiger partial charge < -0.3 is 5.32 Å². The van der Waals surface area contributed by atoms with Crippen LogP contribution in [0.2, 0.25) is 5.02 Å². The molecule has 0 heterocycles. The minimum absolute atomic E-state index is 0.0442. The summed E-state index contributed by atoms with van der Waals surface area (Å²) in [5, 5.41) is 3.66. The van der Waals surface area contributed by atoms with E-state index < -0.39 is 0 Å². The molecule has 0 bridgehead atoms. The number of nitrogens with one attached hydrogen (secondary N) is 1. The fourth-order valence-electron chi connectivity index (χ4n) is 2.11. The van der Waals surface area contributed by atoms with Crippen molar-refractivity contribution in [3.8, 4) is 0 Å². The lowest BCUT2D eigenvalue weighted by atomic mass is 9.87. The van der Waals surface area contributed by atoms with Crippen LogP contribution in [0.1, 0.15) is 58.9 Å². The van der Waals surface area contributed by atoms with Crippen molar-refractivity contribution >= 4 is 23.2 Å². The van der Waals surface area contributed by atoms with Crippen LogP contribution in [-0.4, -0.2) is 5.91 Å². The predicted molar refractivity (Wildman–Crippen MR) is 82.9 cm³/mol. The topological polar surface area (TPSA) is 29.1 Å². The lowest BCUT2D eigenvalue weighted by molar-refractivity contribution is -0.124. The highest BCUT2D eigenvalue weighted by Crippen LogP contribution is 2.29. The van der Waals surface area contributed by atoms with E-state index in [2.05, 4.69) is 26.1 Å². The molecular formula is C16H24ClNO. The van der Waals surface area contributed by atoms with E-state index in [0.29, 0.717) is 10.9 Å². The molecule has 0 aliphatic heterocycles. The van der Waals surface area contributed by atoms with Gasteiger partial charge in [-0.3, -0.25) is 4.79 Å². The maximum Gasteiger partial charge on any atom is 0.230 e. The monoisotopic (exact) mass is 281 g/mol. The fraction of sp³-hybridized carbons (Fsp3) is 0.562. The molecule has 1 N–H and O–H groups in total. The van der Waals surface area contributed by atoms with E-state index in [9.17, 15) is 4.79 Å². The van der Waals surface area contributed by atoms with Crippen molar-refractivity contribution in [2.24, 2.45) is 5.41 Å². The van der Waals surface area contributed by atoms with Gasteiger partial charge in [-0.25, -0.2) is 0 Å². The van der Waals surface area contributed by atoms with Crippen molar-refractivity contribution in [2.45, 2.75) is 53.4 Å². The van der Waals surface area contributed by atoms with Gasteiger partial charge in [0, 0.05) is 16.1 Å². The first-order chi connectivity index (χ1) is 8.77. The second kappa shape index (κ2) is 6.42. The Morgan fingerprint density at radius 1 is 1.37 bits per heavy atom. The molecule has 0 fully saturated rings. The smallest absolute Gasteiger partial charge is 0.230 e. The third-order valence-corrected chi connectivity index (χ3v) is 3.70. The molecule has 0 spiro atoms. The van der Waals surface area contributed by atoms with Crippen LogP contribution in [0, 0.1) is 5.41 Å². The van der Waals surface area contributed by atoms with Gasteiger partial charge in [-0.05, 0) is 30.0 Å². The van der Waals surface area contributed by atoms with Gasteiger partial charge in [0.2, 0.25) is 5.91 Å². The minimum Gasteiger partial charge on any atom is -0.326 e. The SMILES string of the molecule is CCCC(C)(C)C(=O)Nc1ccc(C(C)C)c(Cl)c1. The van der Waals surface area contributed by atoms with Crippen molar-refractivity contribution in [1.82, 2.24) is 0 Å². The van der Waals surface area contributed by atoms with Crippen LogP contribution in [0.5, 0.6) is 0 Å². The Morgan fingerprint density at radius 3 is 2.47 bits per heavy atom. The first-order valence-corrected chi connectivity index (χ1v) is 7.26. The summed E-state index contributed by atoms with van der Waals surface area (Å²) in [5.41, 5.74) is 1.52. The van der Waals surface area contributed by atoms with E-state index in [-0.39, 0.29) is 11.3 Å². The zero-order valence-corrected chi connectivity index (χ0v) is 13.3. The number of halogens is 1. The highest BCUT2D eigenvalue weighted by molar-refractivity contribution is 6.31. The third-order valence-electron chi connectivity index (χ3n) is 3.37. The Balaban J connectivity index is 2.84. The number of anilines is 1. The molecule has 1 rings (SSSR count). The van der Waals surface area contributed by atoms with Crippen molar-refractivity contribution < 1.29 is 4.79 Å². The van der Waals surface area contributed by atoms with Gasteiger partial charge in [-0.2, -0.15) is 0 Å². The summed E-state index contributed by atoms with van der Waals surface area (Å²) in [6.07, 6.45) is 1.87. The van der Waals surface area contributed by atoms with Gasteiger partial charge in [-0.1, -0.05) is 58.7 Å². The molecule has 3 heteroatoms. The lowest BCUT2D eigenvalue weighted by Gasteiger charge is -2.23. The lowest BCUT2D eigenvalue weighted by Crippen LogP contribution is -2.30. The Hall–Kier alpha value is -1.02. The van der Waals surface area contributed by atoms with Crippen molar-refractivity contribution in [3.05, 3.63) is 28.8 Å². The average molecular weight is 282 g/mol. The van der Waals surface area contributed by atoms with Crippen LogP contribution in [0.25, 0.3) is 0 Å². The largest absolute Gasteiger partial charge is 0.326 e. The zero-order valence-electron chi connectivity index (χ0n) is 12.5. The summed E-state index contributed by atoms with van der Waals surface area (Å²) in [4.78, 5) is 12.2. The molecule has 19 heavy (non-hydrogen) atoms. The molecule has 0 aromatic heterocycles. The Bertz CT molecular complexity index is 452. The summed E-state index contributed by atoms with van der Waals surface area (Å²) in [5.74, 6) is 0.427. The first kappa shape index (κ1) is 16.0. The summed E-state index contributed by atoms with van der Waals surface area (Å²) in [6, 6.07) is 5.73. The van der Waals surface area contributed by atoms with Crippen LogP contribution >= 0.6 is 11.6 Å². The number of carbonyl (C=O) groups excluding carboxylic acids is 1. The van der Waals surface area contributed by atoms with Gasteiger partial charge in [0.15, 0.2) is 0 Å². The minimum atomic E-state index is -0.349.